The highest BCUT2D eigenvalue weighted by molar-refractivity contribution is 7.99. The first-order valence-electron chi connectivity index (χ1n) is 7.52. The second-order valence-electron chi connectivity index (χ2n) is 5.54. The number of rotatable bonds is 4. The lowest BCUT2D eigenvalue weighted by Gasteiger charge is -2.26. The van der Waals surface area contributed by atoms with E-state index in [1.54, 1.807) is 0 Å². The quantitative estimate of drug-likeness (QED) is 0.769. The van der Waals surface area contributed by atoms with Crippen LogP contribution in [-0.4, -0.2) is 35.3 Å². The Labute approximate surface area is 144 Å². The maximum atomic E-state index is 13.1. The van der Waals surface area contributed by atoms with Gasteiger partial charge in [0.05, 0.1) is 5.02 Å². The standard InChI is InChI=1S/C18H17ClFNOS/c19-17-11-15(20)5-6-16(17)18(22)14-3-1-13(2-4-14)12-21-7-9-23-10-8-21/h1-6,11H,7-10,12H2. The molecule has 0 unspecified atom stereocenters. The number of hydrogen-bond donors (Lipinski definition) is 0. The summed E-state index contributed by atoms with van der Waals surface area (Å²) in [5.74, 6) is 1.73. The summed E-state index contributed by atoms with van der Waals surface area (Å²) >= 11 is 7.95. The van der Waals surface area contributed by atoms with E-state index in [0.717, 1.165) is 25.7 Å². The maximum absolute atomic E-state index is 13.1. The van der Waals surface area contributed by atoms with Crippen LogP contribution in [0.3, 0.4) is 0 Å². The van der Waals surface area contributed by atoms with Crippen LogP contribution in [-0.2, 0) is 6.54 Å². The van der Waals surface area contributed by atoms with Crippen LogP contribution < -0.4 is 0 Å². The van der Waals surface area contributed by atoms with Crippen LogP contribution >= 0.6 is 23.4 Å². The summed E-state index contributed by atoms with van der Waals surface area (Å²) in [6.45, 7) is 3.12. The van der Waals surface area contributed by atoms with Gasteiger partial charge in [-0.15, -0.1) is 0 Å². The molecule has 0 bridgehead atoms. The Morgan fingerprint density at radius 1 is 1.13 bits per heavy atom. The molecule has 2 aromatic rings. The molecule has 0 N–H and O–H groups in total. The van der Waals surface area contributed by atoms with Gasteiger partial charge in [-0.25, -0.2) is 4.39 Å². The number of thioether (sulfide) groups is 1. The Kier molecular flexibility index (Phi) is 5.36. The molecular formula is C18H17ClFNOS. The minimum atomic E-state index is -0.443. The molecule has 1 saturated heterocycles. The predicted octanol–water partition coefficient (Wildman–Crippen LogP) is 4.26. The second kappa shape index (κ2) is 7.47. The molecule has 0 spiro atoms. The molecule has 0 radical (unpaired) electrons. The van der Waals surface area contributed by atoms with Crippen molar-refractivity contribution < 1.29 is 9.18 Å². The van der Waals surface area contributed by atoms with Gasteiger partial charge in [-0.3, -0.25) is 9.69 Å². The number of carbonyl (C=O) groups is 1. The molecule has 0 amide bonds. The van der Waals surface area contributed by atoms with E-state index < -0.39 is 5.82 Å². The first-order valence-corrected chi connectivity index (χ1v) is 9.05. The lowest BCUT2D eigenvalue weighted by atomic mass is 10.0. The van der Waals surface area contributed by atoms with Gasteiger partial charge in [0.15, 0.2) is 5.78 Å². The fourth-order valence-corrected chi connectivity index (χ4v) is 3.84. The van der Waals surface area contributed by atoms with E-state index in [-0.39, 0.29) is 10.8 Å². The summed E-state index contributed by atoms with van der Waals surface area (Å²) in [5, 5.41) is 0.143. The van der Waals surface area contributed by atoms with Gasteiger partial charge in [-0.2, -0.15) is 11.8 Å². The van der Waals surface area contributed by atoms with Crippen molar-refractivity contribution in [1.29, 1.82) is 0 Å². The van der Waals surface area contributed by atoms with Crippen LogP contribution in [0.2, 0.25) is 5.02 Å². The van der Waals surface area contributed by atoms with Crippen molar-refractivity contribution in [3.63, 3.8) is 0 Å². The van der Waals surface area contributed by atoms with Crippen molar-refractivity contribution >= 4 is 29.1 Å². The first-order chi connectivity index (χ1) is 11.1. The molecular weight excluding hydrogens is 333 g/mol. The van der Waals surface area contributed by atoms with E-state index in [2.05, 4.69) is 4.90 Å². The first kappa shape index (κ1) is 16.5. The molecule has 1 aliphatic rings. The van der Waals surface area contributed by atoms with E-state index in [0.29, 0.717) is 11.1 Å². The highest BCUT2D eigenvalue weighted by Gasteiger charge is 2.14. The maximum Gasteiger partial charge on any atom is 0.194 e. The molecule has 23 heavy (non-hydrogen) atoms. The van der Waals surface area contributed by atoms with Crippen LogP contribution in [0.5, 0.6) is 0 Å². The average molecular weight is 350 g/mol. The fourth-order valence-electron chi connectivity index (χ4n) is 2.61. The predicted molar refractivity (Wildman–Crippen MR) is 93.9 cm³/mol. The van der Waals surface area contributed by atoms with Gasteiger partial charge in [0, 0.05) is 42.3 Å². The summed E-state index contributed by atoms with van der Waals surface area (Å²) in [7, 11) is 0. The molecule has 0 aromatic heterocycles. The smallest absolute Gasteiger partial charge is 0.194 e. The van der Waals surface area contributed by atoms with Gasteiger partial charge >= 0.3 is 0 Å². The number of carbonyl (C=O) groups excluding carboxylic acids is 1. The van der Waals surface area contributed by atoms with Gasteiger partial charge < -0.3 is 0 Å². The van der Waals surface area contributed by atoms with Gasteiger partial charge in [0.2, 0.25) is 0 Å². The van der Waals surface area contributed by atoms with Gasteiger partial charge in [0.25, 0.3) is 0 Å². The molecule has 120 valence electrons. The fraction of sp³-hybridized carbons (Fsp3) is 0.278. The van der Waals surface area contributed by atoms with Crippen LogP contribution in [0.25, 0.3) is 0 Å². The third-order valence-corrected chi connectivity index (χ3v) is 5.16. The largest absolute Gasteiger partial charge is 0.297 e. The number of nitrogens with zero attached hydrogens (tertiary/aromatic N) is 1. The molecule has 5 heteroatoms. The Morgan fingerprint density at radius 2 is 1.83 bits per heavy atom. The third kappa shape index (κ3) is 4.14. The van der Waals surface area contributed by atoms with E-state index in [4.69, 9.17) is 11.6 Å². The van der Waals surface area contributed by atoms with Crippen molar-refractivity contribution in [1.82, 2.24) is 4.90 Å². The number of hydrogen-bond acceptors (Lipinski definition) is 3. The van der Waals surface area contributed by atoms with Crippen LogP contribution in [0.1, 0.15) is 21.5 Å². The number of ketones is 1. The highest BCUT2D eigenvalue weighted by atomic mass is 35.5. The van der Waals surface area contributed by atoms with Crippen molar-refractivity contribution in [2.45, 2.75) is 6.54 Å². The summed E-state index contributed by atoms with van der Waals surface area (Å²) in [4.78, 5) is 14.9. The Balaban J connectivity index is 1.72. The molecule has 0 saturated carbocycles. The molecule has 0 atom stereocenters. The van der Waals surface area contributed by atoms with Crippen molar-refractivity contribution in [2.24, 2.45) is 0 Å². The number of benzene rings is 2. The Morgan fingerprint density at radius 3 is 2.48 bits per heavy atom. The summed E-state index contributed by atoms with van der Waals surface area (Å²) in [6.07, 6.45) is 0. The minimum absolute atomic E-state index is 0.143. The van der Waals surface area contributed by atoms with Crippen molar-refractivity contribution in [3.05, 3.63) is 70.0 Å². The molecule has 1 fully saturated rings. The van der Waals surface area contributed by atoms with E-state index >= 15 is 0 Å². The highest BCUT2D eigenvalue weighted by Crippen LogP contribution is 2.21. The minimum Gasteiger partial charge on any atom is -0.297 e. The SMILES string of the molecule is O=C(c1ccc(CN2CCSCC2)cc1)c1ccc(F)cc1Cl. The topological polar surface area (TPSA) is 20.3 Å². The monoisotopic (exact) mass is 349 g/mol. The summed E-state index contributed by atoms with van der Waals surface area (Å²) < 4.78 is 13.1. The summed E-state index contributed by atoms with van der Waals surface area (Å²) in [5.41, 5.74) is 2.09. The van der Waals surface area contributed by atoms with Gasteiger partial charge in [-0.05, 0) is 23.8 Å². The lowest BCUT2D eigenvalue weighted by molar-refractivity contribution is 0.103. The van der Waals surface area contributed by atoms with Crippen LogP contribution in [0, 0.1) is 5.82 Å². The molecule has 3 rings (SSSR count). The normalized spacial score (nSPS) is 15.6. The Hall–Kier alpha value is -1.36. The molecule has 1 heterocycles. The van der Waals surface area contributed by atoms with E-state index in [9.17, 15) is 9.18 Å². The zero-order valence-corrected chi connectivity index (χ0v) is 14.2. The molecule has 2 aromatic carbocycles. The summed E-state index contributed by atoms with van der Waals surface area (Å²) in [6, 6.07) is 11.4. The zero-order valence-electron chi connectivity index (χ0n) is 12.6. The molecule has 0 aliphatic carbocycles. The van der Waals surface area contributed by atoms with Gasteiger partial charge in [0.1, 0.15) is 5.82 Å². The van der Waals surface area contributed by atoms with E-state index in [1.807, 2.05) is 36.0 Å². The van der Waals surface area contributed by atoms with Crippen LogP contribution in [0.15, 0.2) is 42.5 Å². The number of halogens is 2. The third-order valence-electron chi connectivity index (χ3n) is 3.90. The van der Waals surface area contributed by atoms with Crippen molar-refractivity contribution in [3.8, 4) is 0 Å². The molecule has 1 aliphatic heterocycles. The van der Waals surface area contributed by atoms with Crippen LogP contribution in [0.4, 0.5) is 4.39 Å². The van der Waals surface area contributed by atoms with Gasteiger partial charge in [-0.1, -0.05) is 35.9 Å². The Bertz CT molecular complexity index is 699. The average Bonchev–Trinajstić information content (AvgIpc) is 2.56. The second-order valence-corrected chi connectivity index (χ2v) is 7.17. The van der Waals surface area contributed by atoms with E-state index in [1.165, 1.54) is 29.2 Å². The molecule has 2 nitrogen and oxygen atoms in total. The van der Waals surface area contributed by atoms with Crippen molar-refractivity contribution in [2.75, 3.05) is 24.6 Å². The lowest BCUT2D eigenvalue weighted by Crippen LogP contribution is -2.31. The zero-order chi connectivity index (χ0) is 16.2.